The van der Waals surface area contributed by atoms with Gasteiger partial charge < -0.3 is 14.8 Å². The van der Waals surface area contributed by atoms with Crippen LogP contribution in [0.4, 0.5) is 5.82 Å². The van der Waals surface area contributed by atoms with Crippen LogP contribution in [-0.2, 0) is 11.3 Å². The summed E-state index contributed by atoms with van der Waals surface area (Å²) in [5.41, 5.74) is 4.04. The fourth-order valence-corrected chi connectivity index (χ4v) is 6.35. The topological polar surface area (TPSA) is 59.5 Å². The van der Waals surface area contributed by atoms with Crippen LogP contribution in [0.3, 0.4) is 0 Å². The van der Waals surface area contributed by atoms with Crippen LogP contribution in [0.25, 0.3) is 21.3 Å². The molecule has 1 atom stereocenters. The molecule has 2 saturated heterocycles. The molecular weight excluding hydrogens is 456 g/mol. The van der Waals surface area contributed by atoms with Crippen LogP contribution in [-0.4, -0.2) is 48.3 Å². The fourth-order valence-electron chi connectivity index (χ4n) is 5.28. The molecule has 2 aromatic carbocycles. The van der Waals surface area contributed by atoms with Gasteiger partial charge in [-0.2, -0.15) is 0 Å². The quantitative estimate of drug-likeness (QED) is 0.363. The Morgan fingerprint density at radius 3 is 2.69 bits per heavy atom. The number of ether oxygens (including phenoxy) is 2. The Kier molecular flexibility index (Phi) is 5.71. The molecule has 1 unspecified atom stereocenters. The van der Waals surface area contributed by atoms with E-state index in [2.05, 4.69) is 58.5 Å². The summed E-state index contributed by atoms with van der Waals surface area (Å²) in [4.78, 5) is 14.4. The van der Waals surface area contributed by atoms with E-state index < -0.39 is 0 Å². The number of thiophene rings is 1. The molecule has 2 aliphatic rings. The molecule has 0 aliphatic carbocycles. The molecule has 0 saturated carbocycles. The summed E-state index contributed by atoms with van der Waals surface area (Å²) in [5, 5.41) is 4.54. The summed E-state index contributed by atoms with van der Waals surface area (Å²) in [5.74, 6) is 2.32. The van der Waals surface area contributed by atoms with E-state index in [4.69, 9.17) is 14.5 Å². The van der Waals surface area contributed by atoms with Crippen molar-refractivity contribution in [3.63, 3.8) is 0 Å². The second kappa shape index (κ2) is 8.90. The maximum absolute atomic E-state index is 5.61. The molecule has 6 nitrogen and oxygen atoms in total. The number of benzene rings is 2. The molecule has 7 heteroatoms. The van der Waals surface area contributed by atoms with Gasteiger partial charge in [-0.05, 0) is 49.2 Å². The molecular formula is C28H30N4O2S. The fraction of sp³-hybridized carbons (Fsp3) is 0.357. The molecule has 2 aliphatic heterocycles. The van der Waals surface area contributed by atoms with E-state index in [-0.39, 0.29) is 6.04 Å². The van der Waals surface area contributed by atoms with E-state index in [0.29, 0.717) is 5.41 Å². The van der Waals surface area contributed by atoms with Gasteiger partial charge in [0.1, 0.15) is 17.4 Å². The number of methoxy groups -OCH3 is 1. The predicted molar refractivity (Wildman–Crippen MR) is 141 cm³/mol. The number of aryl methyl sites for hydroxylation is 1. The van der Waals surface area contributed by atoms with E-state index in [0.717, 1.165) is 61.1 Å². The van der Waals surface area contributed by atoms with Gasteiger partial charge in [-0.3, -0.25) is 4.90 Å². The summed E-state index contributed by atoms with van der Waals surface area (Å²) >= 11 is 1.84. The van der Waals surface area contributed by atoms with Crippen LogP contribution in [0.2, 0.25) is 0 Å². The van der Waals surface area contributed by atoms with Crippen molar-refractivity contribution in [3.8, 4) is 16.2 Å². The second-order valence-corrected chi connectivity index (χ2v) is 11.0. The highest BCUT2D eigenvalue weighted by Crippen LogP contribution is 2.40. The number of rotatable bonds is 7. The van der Waals surface area contributed by atoms with Crippen molar-refractivity contribution >= 4 is 28.1 Å². The monoisotopic (exact) mass is 486 g/mol. The van der Waals surface area contributed by atoms with Crippen LogP contribution in [0.1, 0.15) is 29.2 Å². The maximum Gasteiger partial charge on any atom is 0.141 e. The normalized spacial score (nSPS) is 17.7. The van der Waals surface area contributed by atoms with Gasteiger partial charge in [0.15, 0.2) is 0 Å². The summed E-state index contributed by atoms with van der Waals surface area (Å²) < 4.78 is 11.0. The zero-order valence-electron chi connectivity index (χ0n) is 20.4. The molecule has 4 heterocycles. The van der Waals surface area contributed by atoms with E-state index in [1.807, 2.05) is 36.5 Å². The summed E-state index contributed by atoms with van der Waals surface area (Å²) in [6.45, 7) is 9.24. The summed E-state index contributed by atoms with van der Waals surface area (Å²) in [6.07, 6.45) is 0. The summed E-state index contributed by atoms with van der Waals surface area (Å²) in [6, 6.07) is 19.3. The van der Waals surface area contributed by atoms with Crippen LogP contribution in [0.5, 0.6) is 5.75 Å². The summed E-state index contributed by atoms with van der Waals surface area (Å²) in [7, 11) is 1.69. The number of nitrogens with zero attached hydrogens (tertiary/aromatic N) is 3. The second-order valence-electron chi connectivity index (χ2n) is 9.84. The molecule has 4 aromatic rings. The van der Waals surface area contributed by atoms with Gasteiger partial charge in [-0.25, -0.2) is 9.97 Å². The highest BCUT2D eigenvalue weighted by Gasteiger charge is 2.48. The number of hydrogen-bond donors (Lipinski definition) is 1. The van der Waals surface area contributed by atoms with Crippen LogP contribution in [0, 0.1) is 12.3 Å². The van der Waals surface area contributed by atoms with Crippen molar-refractivity contribution in [1.29, 1.82) is 0 Å². The minimum atomic E-state index is 0.0946. The molecule has 1 spiro atoms. The van der Waals surface area contributed by atoms with E-state index in [1.54, 1.807) is 7.11 Å². The Bertz CT molecular complexity index is 1370. The average molecular weight is 487 g/mol. The first-order valence-electron chi connectivity index (χ1n) is 12.1. The molecule has 2 fully saturated rings. The molecule has 2 aromatic heterocycles. The first-order valence-corrected chi connectivity index (χ1v) is 12.9. The van der Waals surface area contributed by atoms with Crippen molar-refractivity contribution in [3.05, 3.63) is 70.9 Å². The lowest BCUT2D eigenvalue weighted by Gasteiger charge is -2.55. The zero-order valence-corrected chi connectivity index (χ0v) is 21.2. The third-order valence-corrected chi connectivity index (χ3v) is 8.34. The van der Waals surface area contributed by atoms with Crippen molar-refractivity contribution in [2.24, 2.45) is 5.41 Å². The Balaban J connectivity index is 1.23. The third kappa shape index (κ3) is 4.18. The number of likely N-dealkylation sites (tertiary alicyclic amines) is 1. The minimum absolute atomic E-state index is 0.0946. The smallest absolute Gasteiger partial charge is 0.141 e. The van der Waals surface area contributed by atoms with E-state index in [9.17, 15) is 0 Å². The minimum Gasteiger partial charge on any atom is -0.496 e. The van der Waals surface area contributed by atoms with E-state index in [1.165, 1.54) is 20.9 Å². The maximum atomic E-state index is 5.61. The van der Waals surface area contributed by atoms with Crippen molar-refractivity contribution in [2.45, 2.75) is 26.4 Å². The number of fused-ring (bicyclic) bond motifs is 1. The number of hydrogen-bond acceptors (Lipinski definition) is 7. The molecule has 0 amide bonds. The lowest BCUT2D eigenvalue weighted by molar-refractivity contribution is -0.191. The van der Waals surface area contributed by atoms with Gasteiger partial charge in [0.25, 0.3) is 0 Å². The Morgan fingerprint density at radius 1 is 1.09 bits per heavy atom. The Morgan fingerprint density at radius 2 is 1.91 bits per heavy atom. The first-order chi connectivity index (χ1) is 17.0. The zero-order chi connectivity index (χ0) is 24.0. The lowest BCUT2D eigenvalue weighted by atomic mass is 9.78. The number of anilines is 1. The molecule has 1 N–H and O–H groups in total. The van der Waals surface area contributed by atoms with Crippen LogP contribution >= 0.6 is 11.3 Å². The van der Waals surface area contributed by atoms with Gasteiger partial charge in [0.05, 0.1) is 37.3 Å². The van der Waals surface area contributed by atoms with E-state index >= 15 is 0 Å². The largest absolute Gasteiger partial charge is 0.496 e. The van der Waals surface area contributed by atoms with Gasteiger partial charge in [-0.1, -0.05) is 30.3 Å². The van der Waals surface area contributed by atoms with Crippen molar-refractivity contribution < 1.29 is 9.47 Å². The average Bonchev–Trinajstić information content (AvgIpc) is 3.30. The first kappa shape index (κ1) is 22.5. The molecule has 0 radical (unpaired) electrons. The lowest BCUT2D eigenvalue weighted by Crippen LogP contribution is -2.65. The van der Waals surface area contributed by atoms with Crippen molar-refractivity contribution in [2.75, 3.05) is 38.7 Å². The molecule has 0 bridgehead atoms. The van der Waals surface area contributed by atoms with Gasteiger partial charge >= 0.3 is 0 Å². The molecule has 180 valence electrons. The van der Waals surface area contributed by atoms with Gasteiger partial charge in [0, 0.05) is 34.8 Å². The molecule has 6 rings (SSSR count). The standard InChI is InChI=1S/C28H30N4O2S/c1-18(29-27-26-22(30-19(2)31-27)9-6-10-23(26)33-3)24-11-12-25(35-24)21-8-5-4-7-20(21)13-32-14-28(15-32)16-34-17-28/h4-12,18H,13-17H2,1-3H3,(H,29,30,31). The third-order valence-electron chi connectivity index (χ3n) is 7.03. The number of aromatic nitrogens is 2. The predicted octanol–water partition coefficient (Wildman–Crippen LogP) is 5.68. The molecule has 35 heavy (non-hydrogen) atoms. The highest BCUT2D eigenvalue weighted by molar-refractivity contribution is 7.15. The van der Waals surface area contributed by atoms with Crippen molar-refractivity contribution in [1.82, 2.24) is 14.9 Å². The SMILES string of the molecule is COc1cccc2nc(C)nc(NC(C)c3ccc(-c4ccccc4CN4CC5(COC5)C4)s3)c12. The van der Waals surface area contributed by atoms with Gasteiger partial charge in [-0.15, -0.1) is 11.3 Å². The van der Waals surface area contributed by atoms with Crippen LogP contribution < -0.4 is 10.1 Å². The van der Waals surface area contributed by atoms with Crippen LogP contribution in [0.15, 0.2) is 54.6 Å². The number of nitrogens with one attached hydrogen (secondary N) is 1. The Labute approximate surface area is 209 Å². The van der Waals surface area contributed by atoms with Gasteiger partial charge in [0.2, 0.25) is 0 Å². The highest BCUT2D eigenvalue weighted by atomic mass is 32.1. The Hall–Kier alpha value is -3.00.